The van der Waals surface area contributed by atoms with Gasteiger partial charge in [0.05, 0.1) is 11.4 Å². The number of hydrogen-bond donors (Lipinski definition) is 0. The molecule has 3 rings (SSSR count). The number of aryl methyl sites for hydroxylation is 2. The van der Waals surface area contributed by atoms with E-state index in [0.29, 0.717) is 0 Å². The molecule has 2 aromatic rings. The standard InChI is InChI=1S/C17H19N3/c1-13-12-18-14(2)17(19-13)20-10-8-16(9-11-20)15-6-4-3-5-7-15/h3-8,12H,9-11H2,1-2H3. The summed E-state index contributed by atoms with van der Waals surface area (Å²) in [4.78, 5) is 11.3. The van der Waals surface area contributed by atoms with Crippen molar-refractivity contribution < 1.29 is 0 Å². The largest absolute Gasteiger partial charge is 0.351 e. The molecule has 0 radical (unpaired) electrons. The highest BCUT2D eigenvalue weighted by atomic mass is 15.2. The van der Waals surface area contributed by atoms with Crippen molar-refractivity contribution in [1.29, 1.82) is 0 Å². The number of nitrogens with zero attached hydrogens (tertiary/aromatic N) is 3. The van der Waals surface area contributed by atoms with Crippen LogP contribution in [0.15, 0.2) is 42.6 Å². The van der Waals surface area contributed by atoms with Crippen molar-refractivity contribution in [3.8, 4) is 0 Å². The lowest BCUT2D eigenvalue weighted by atomic mass is 9.99. The highest BCUT2D eigenvalue weighted by molar-refractivity contribution is 5.68. The number of aromatic nitrogens is 2. The molecule has 0 atom stereocenters. The van der Waals surface area contributed by atoms with Crippen LogP contribution in [0.1, 0.15) is 23.4 Å². The van der Waals surface area contributed by atoms with E-state index in [2.05, 4.69) is 51.3 Å². The molecule has 1 aliphatic rings. The highest BCUT2D eigenvalue weighted by Crippen LogP contribution is 2.25. The maximum absolute atomic E-state index is 4.63. The van der Waals surface area contributed by atoms with Crippen LogP contribution in [-0.2, 0) is 0 Å². The fraction of sp³-hybridized carbons (Fsp3) is 0.294. The molecule has 0 unspecified atom stereocenters. The van der Waals surface area contributed by atoms with Gasteiger partial charge in [0.2, 0.25) is 0 Å². The summed E-state index contributed by atoms with van der Waals surface area (Å²) in [6, 6.07) is 10.6. The van der Waals surface area contributed by atoms with Gasteiger partial charge in [0.25, 0.3) is 0 Å². The maximum atomic E-state index is 4.63. The van der Waals surface area contributed by atoms with Crippen LogP contribution in [-0.4, -0.2) is 23.1 Å². The van der Waals surface area contributed by atoms with Crippen LogP contribution in [0.5, 0.6) is 0 Å². The molecule has 0 amide bonds. The lowest BCUT2D eigenvalue weighted by Crippen LogP contribution is -2.30. The van der Waals surface area contributed by atoms with Crippen LogP contribution < -0.4 is 4.90 Å². The SMILES string of the molecule is Cc1cnc(C)c(N2CC=C(c3ccccc3)CC2)n1. The van der Waals surface area contributed by atoms with Crippen LogP contribution in [0.2, 0.25) is 0 Å². The van der Waals surface area contributed by atoms with Gasteiger partial charge in [-0.3, -0.25) is 4.98 Å². The Kier molecular flexibility index (Phi) is 3.50. The molecule has 0 N–H and O–H groups in total. The molecule has 3 nitrogen and oxygen atoms in total. The molecule has 0 aliphatic carbocycles. The van der Waals surface area contributed by atoms with Crippen molar-refractivity contribution >= 4 is 11.4 Å². The topological polar surface area (TPSA) is 29.0 Å². The molecule has 0 fully saturated rings. The first-order valence-electron chi connectivity index (χ1n) is 7.03. The van der Waals surface area contributed by atoms with Crippen LogP contribution in [0.25, 0.3) is 5.57 Å². The van der Waals surface area contributed by atoms with Gasteiger partial charge in [-0.2, -0.15) is 0 Å². The Morgan fingerprint density at radius 2 is 1.90 bits per heavy atom. The predicted molar refractivity (Wildman–Crippen MR) is 82.8 cm³/mol. The minimum Gasteiger partial charge on any atom is -0.351 e. The quantitative estimate of drug-likeness (QED) is 0.833. The minimum absolute atomic E-state index is 0.906. The van der Waals surface area contributed by atoms with Crippen molar-refractivity contribution in [2.45, 2.75) is 20.3 Å². The number of rotatable bonds is 2. The van der Waals surface area contributed by atoms with E-state index in [1.165, 1.54) is 11.1 Å². The Bertz CT molecular complexity index is 632. The third-order valence-electron chi connectivity index (χ3n) is 3.70. The van der Waals surface area contributed by atoms with Crippen molar-refractivity contribution in [1.82, 2.24) is 9.97 Å². The molecular formula is C17H19N3. The lowest BCUT2D eigenvalue weighted by molar-refractivity contribution is 0.801. The van der Waals surface area contributed by atoms with Crippen LogP contribution in [0.4, 0.5) is 5.82 Å². The summed E-state index contributed by atoms with van der Waals surface area (Å²) in [5.41, 5.74) is 4.75. The molecule has 0 bridgehead atoms. The molecule has 102 valence electrons. The molecule has 3 heteroatoms. The average Bonchev–Trinajstić information content (AvgIpc) is 2.51. The molecule has 0 saturated carbocycles. The van der Waals surface area contributed by atoms with E-state index in [4.69, 9.17) is 0 Å². The van der Waals surface area contributed by atoms with Crippen LogP contribution >= 0.6 is 0 Å². The predicted octanol–water partition coefficient (Wildman–Crippen LogP) is 3.39. The van der Waals surface area contributed by atoms with Gasteiger partial charge in [-0.05, 0) is 31.4 Å². The molecule has 20 heavy (non-hydrogen) atoms. The van der Waals surface area contributed by atoms with Gasteiger partial charge in [-0.25, -0.2) is 4.98 Å². The number of hydrogen-bond acceptors (Lipinski definition) is 3. The van der Waals surface area contributed by atoms with Gasteiger partial charge < -0.3 is 4.90 Å². The Morgan fingerprint density at radius 1 is 1.10 bits per heavy atom. The second-order valence-electron chi connectivity index (χ2n) is 5.21. The van der Waals surface area contributed by atoms with Crippen molar-refractivity contribution in [3.05, 3.63) is 59.6 Å². The molecule has 1 aromatic carbocycles. The molecule has 1 aromatic heterocycles. The lowest BCUT2D eigenvalue weighted by Gasteiger charge is -2.28. The first-order valence-corrected chi connectivity index (χ1v) is 7.03. The summed E-state index contributed by atoms with van der Waals surface area (Å²) in [6.07, 6.45) is 5.19. The average molecular weight is 265 g/mol. The third-order valence-corrected chi connectivity index (χ3v) is 3.70. The van der Waals surface area contributed by atoms with Crippen molar-refractivity contribution in [2.24, 2.45) is 0 Å². The first-order chi connectivity index (χ1) is 9.74. The van der Waals surface area contributed by atoms with E-state index in [1.807, 2.05) is 20.0 Å². The summed E-state index contributed by atoms with van der Waals surface area (Å²) in [5, 5.41) is 0. The molecule has 2 heterocycles. The van der Waals surface area contributed by atoms with E-state index >= 15 is 0 Å². The van der Waals surface area contributed by atoms with E-state index in [1.54, 1.807) is 0 Å². The molecule has 0 saturated heterocycles. The minimum atomic E-state index is 0.906. The molecular weight excluding hydrogens is 246 g/mol. The summed E-state index contributed by atoms with van der Waals surface area (Å²) in [7, 11) is 0. The monoisotopic (exact) mass is 265 g/mol. The van der Waals surface area contributed by atoms with Gasteiger partial charge in [-0.15, -0.1) is 0 Å². The van der Waals surface area contributed by atoms with Crippen LogP contribution in [0, 0.1) is 13.8 Å². The fourth-order valence-electron chi connectivity index (χ4n) is 2.60. The van der Waals surface area contributed by atoms with E-state index < -0.39 is 0 Å². The molecule has 1 aliphatic heterocycles. The van der Waals surface area contributed by atoms with Gasteiger partial charge in [-0.1, -0.05) is 36.4 Å². The summed E-state index contributed by atoms with van der Waals surface area (Å²) < 4.78 is 0. The Balaban J connectivity index is 1.81. The summed E-state index contributed by atoms with van der Waals surface area (Å²) >= 11 is 0. The van der Waals surface area contributed by atoms with Gasteiger partial charge in [0.15, 0.2) is 5.82 Å². The number of benzene rings is 1. The van der Waals surface area contributed by atoms with E-state index in [0.717, 1.165) is 36.7 Å². The second kappa shape index (κ2) is 5.45. The Labute approximate surface area is 120 Å². The summed E-state index contributed by atoms with van der Waals surface area (Å²) in [6.45, 7) is 5.92. The zero-order valence-corrected chi connectivity index (χ0v) is 12.0. The zero-order valence-electron chi connectivity index (χ0n) is 12.0. The highest BCUT2D eigenvalue weighted by Gasteiger charge is 2.16. The van der Waals surface area contributed by atoms with E-state index in [-0.39, 0.29) is 0 Å². The number of anilines is 1. The van der Waals surface area contributed by atoms with Gasteiger partial charge in [0.1, 0.15) is 0 Å². The Hall–Kier alpha value is -2.16. The second-order valence-corrected chi connectivity index (χ2v) is 5.21. The fourth-order valence-corrected chi connectivity index (χ4v) is 2.60. The normalized spacial score (nSPS) is 15.1. The Morgan fingerprint density at radius 3 is 2.60 bits per heavy atom. The third kappa shape index (κ3) is 2.57. The zero-order chi connectivity index (χ0) is 13.9. The van der Waals surface area contributed by atoms with Crippen LogP contribution in [0.3, 0.4) is 0 Å². The summed E-state index contributed by atoms with van der Waals surface area (Å²) in [5.74, 6) is 1.02. The maximum Gasteiger partial charge on any atom is 0.150 e. The van der Waals surface area contributed by atoms with Gasteiger partial charge in [0, 0.05) is 19.3 Å². The van der Waals surface area contributed by atoms with E-state index in [9.17, 15) is 0 Å². The van der Waals surface area contributed by atoms with Crippen molar-refractivity contribution in [3.63, 3.8) is 0 Å². The first kappa shape index (κ1) is 12.9. The van der Waals surface area contributed by atoms with Crippen molar-refractivity contribution in [2.75, 3.05) is 18.0 Å². The molecule has 0 spiro atoms. The van der Waals surface area contributed by atoms with Gasteiger partial charge >= 0.3 is 0 Å². The smallest absolute Gasteiger partial charge is 0.150 e.